The quantitative estimate of drug-likeness (QED) is 0.838. The van der Waals surface area contributed by atoms with Crippen molar-refractivity contribution in [2.45, 2.75) is 17.4 Å². The molecule has 2 N–H and O–H groups in total. The minimum Gasteiger partial charge on any atom is -0.337 e. The van der Waals surface area contributed by atoms with E-state index in [1.165, 1.54) is 4.90 Å². The van der Waals surface area contributed by atoms with E-state index in [1.54, 1.807) is 11.8 Å². The van der Waals surface area contributed by atoms with Crippen LogP contribution in [0, 0.1) is 0 Å². The van der Waals surface area contributed by atoms with Gasteiger partial charge in [0.15, 0.2) is 0 Å². The second kappa shape index (κ2) is 6.28. The molecule has 0 saturated carbocycles. The van der Waals surface area contributed by atoms with Crippen LogP contribution in [-0.4, -0.2) is 36.2 Å². The Kier molecular flexibility index (Phi) is 5.31. The van der Waals surface area contributed by atoms with E-state index in [4.69, 9.17) is 5.73 Å². The summed E-state index contributed by atoms with van der Waals surface area (Å²) in [5, 5.41) is 0. The summed E-state index contributed by atoms with van der Waals surface area (Å²) in [4.78, 5) is 15.1. The number of nitrogens with two attached hydrogens (primary N) is 1. The fourth-order valence-electron chi connectivity index (χ4n) is 1.89. The number of carbonyl (C=O) groups is 1. The zero-order valence-corrected chi connectivity index (χ0v) is 11.4. The first kappa shape index (κ1) is 14.4. The van der Waals surface area contributed by atoms with Crippen molar-refractivity contribution in [2.75, 3.05) is 19.3 Å². The first-order valence-electron chi connectivity index (χ1n) is 5.39. The monoisotopic (exact) mass is 272 g/mol. The summed E-state index contributed by atoms with van der Waals surface area (Å²) in [6, 6.07) is 7.88. The van der Waals surface area contributed by atoms with E-state index in [-0.39, 0.29) is 24.4 Å². The number of likely N-dealkylation sites (tertiary alicyclic amines) is 1. The smallest absolute Gasteiger partial charge is 0.253 e. The maximum atomic E-state index is 12.1. The molecule has 1 aromatic carbocycles. The Hall–Kier alpha value is -0.710. The number of nitrogens with zero attached hydrogens (tertiary/aromatic N) is 1. The lowest BCUT2D eigenvalue weighted by atomic mass is 10.2. The van der Waals surface area contributed by atoms with Crippen LogP contribution in [0.5, 0.6) is 0 Å². The molecule has 1 saturated heterocycles. The largest absolute Gasteiger partial charge is 0.337 e. The number of thioether (sulfide) groups is 1. The third-order valence-corrected chi connectivity index (χ3v) is 3.59. The lowest BCUT2D eigenvalue weighted by Crippen LogP contribution is -2.31. The summed E-state index contributed by atoms with van der Waals surface area (Å²) in [5.41, 5.74) is 6.55. The Bertz CT molecular complexity index is 383. The molecule has 1 aromatic rings. The normalized spacial score (nSPS) is 18.9. The highest BCUT2D eigenvalue weighted by atomic mass is 35.5. The Morgan fingerprint density at radius 3 is 2.53 bits per heavy atom. The molecule has 0 spiro atoms. The van der Waals surface area contributed by atoms with Crippen LogP contribution in [0.1, 0.15) is 16.8 Å². The molecule has 1 amide bonds. The maximum absolute atomic E-state index is 12.1. The number of halogens is 1. The Balaban J connectivity index is 0.00000144. The van der Waals surface area contributed by atoms with Crippen molar-refractivity contribution in [1.82, 2.24) is 4.90 Å². The van der Waals surface area contributed by atoms with Gasteiger partial charge >= 0.3 is 0 Å². The topological polar surface area (TPSA) is 46.3 Å². The van der Waals surface area contributed by atoms with E-state index >= 15 is 0 Å². The average molecular weight is 273 g/mol. The molecule has 0 aromatic heterocycles. The van der Waals surface area contributed by atoms with Crippen LogP contribution in [0.15, 0.2) is 29.2 Å². The molecule has 94 valence electrons. The molecule has 5 heteroatoms. The number of amides is 1. The average Bonchev–Trinajstić information content (AvgIpc) is 2.75. The van der Waals surface area contributed by atoms with E-state index in [0.29, 0.717) is 6.54 Å². The van der Waals surface area contributed by atoms with E-state index in [2.05, 4.69) is 0 Å². The molecule has 0 radical (unpaired) electrons. The van der Waals surface area contributed by atoms with Crippen molar-refractivity contribution in [3.63, 3.8) is 0 Å². The molecular formula is C12H17ClN2OS. The van der Waals surface area contributed by atoms with Gasteiger partial charge in [0.05, 0.1) is 0 Å². The number of benzene rings is 1. The molecule has 1 aliphatic heterocycles. The van der Waals surface area contributed by atoms with Crippen molar-refractivity contribution >= 4 is 30.1 Å². The zero-order chi connectivity index (χ0) is 11.5. The third-order valence-electron chi connectivity index (χ3n) is 2.85. The summed E-state index contributed by atoms with van der Waals surface area (Å²) in [6.07, 6.45) is 2.94. The highest BCUT2D eigenvalue weighted by molar-refractivity contribution is 7.98. The van der Waals surface area contributed by atoms with E-state index in [9.17, 15) is 4.79 Å². The minimum absolute atomic E-state index is 0. The lowest BCUT2D eigenvalue weighted by Gasteiger charge is -2.15. The van der Waals surface area contributed by atoms with Gasteiger partial charge in [0.1, 0.15) is 0 Å². The van der Waals surface area contributed by atoms with Gasteiger partial charge in [-0.3, -0.25) is 4.79 Å². The van der Waals surface area contributed by atoms with Crippen molar-refractivity contribution in [1.29, 1.82) is 0 Å². The Labute approximate surface area is 112 Å². The number of hydrogen-bond donors (Lipinski definition) is 1. The van der Waals surface area contributed by atoms with Gasteiger partial charge in [-0.05, 0) is 36.9 Å². The van der Waals surface area contributed by atoms with Crippen molar-refractivity contribution in [3.8, 4) is 0 Å². The summed E-state index contributed by atoms with van der Waals surface area (Å²) >= 11 is 1.68. The van der Waals surface area contributed by atoms with Crippen LogP contribution < -0.4 is 5.73 Å². The van der Waals surface area contributed by atoms with Gasteiger partial charge < -0.3 is 10.6 Å². The van der Waals surface area contributed by atoms with Gasteiger partial charge in [-0.1, -0.05) is 0 Å². The fourth-order valence-corrected chi connectivity index (χ4v) is 2.30. The van der Waals surface area contributed by atoms with E-state index < -0.39 is 0 Å². The third kappa shape index (κ3) is 3.37. The predicted octanol–water partition coefficient (Wildman–Crippen LogP) is 2.00. The van der Waals surface area contributed by atoms with Crippen LogP contribution in [0.25, 0.3) is 0 Å². The summed E-state index contributed by atoms with van der Waals surface area (Å²) in [7, 11) is 0. The van der Waals surface area contributed by atoms with Crippen molar-refractivity contribution < 1.29 is 4.79 Å². The highest BCUT2D eigenvalue weighted by Crippen LogP contribution is 2.17. The standard InChI is InChI=1S/C12H16N2OS.ClH/c1-16-11-4-2-9(3-5-11)12(15)14-7-6-10(13)8-14;/h2-5,10H,6-8,13H2,1H3;1H. The first-order valence-corrected chi connectivity index (χ1v) is 6.62. The molecule has 1 unspecified atom stereocenters. The van der Waals surface area contributed by atoms with Gasteiger partial charge in [-0.25, -0.2) is 0 Å². The molecule has 1 heterocycles. The summed E-state index contributed by atoms with van der Waals surface area (Å²) in [5.74, 6) is 0.0978. The Morgan fingerprint density at radius 2 is 2.06 bits per heavy atom. The molecule has 0 bridgehead atoms. The fraction of sp³-hybridized carbons (Fsp3) is 0.417. The molecule has 3 nitrogen and oxygen atoms in total. The second-order valence-corrected chi connectivity index (χ2v) is 4.91. The molecule has 1 atom stereocenters. The number of rotatable bonds is 2. The van der Waals surface area contributed by atoms with Crippen LogP contribution >= 0.6 is 24.2 Å². The van der Waals surface area contributed by atoms with Crippen LogP contribution in [0.3, 0.4) is 0 Å². The molecule has 1 fully saturated rings. The van der Waals surface area contributed by atoms with E-state index in [0.717, 1.165) is 18.5 Å². The van der Waals surface area contributed by atoms with Gasteiger partial charge in [0, 0.05) is 29.6 Å². The SMILES string of the molecule is CSc1ccc(C(=O)N2CCC(N)C2)cc1.Cl. The highest BCUT2D eigenvalue weighted by Gasteiger charge is 2.24. The number of carbonyl (C=O) groups excluding carboxylic acids is 1. The van der Waals surface area contributed by atoms with Gasteiger partial charge in [0.2, 0.25) is 0 Å². The summed E-state index contributed by atoms with van der Waals surface area (Å²) < 4.78 is 0. The van der Waals surface area contributed by atoms with Crippen LogP contribution in [0.4, 0.5) is 0 Å². The summed E-state index contributed by atoms with van der Waals surface area (Å²) in [6.45, 7) is 1.47. The minimum atomic E-state index is 0. The molecule has 0 aliphatic carbocycles. The molecule has 1 aliphatic rings. The molecule has 17 heavy (non-hydrogen) atoms. The second-order valence-electron chi connectivity index (χ2n) is 4.03. The molecular weight excluding hydrogens is 256 g/mol. The van der Waals surface area contributed by atoms with Gasteiger partial charge in [0.25, 0.3) is 5.91 Å². The van der Waals surface area contributed by atoms with Crippen LogP contribution in [-0.2, 0) is 0 Å². The van der Waals surface area contributed by atoms with Gasteiger partial charge in [-0.2, -0.15) is 0 Å². The first-order chi connectivity index (χ1) is 7.70. The predicted molar refractivity (Wildman–Crippen MR) is 74.0 cm³/mol. The Morgan fingerprint density at radius 1 is 1.41 bits per heavy atom. The molecule has 2 rings (SSSR count). The van der Waals surface area contributed by atoms with Crippen molar-refractivity contribution in [2.24, 2.45) is 5.73 Å². The number of hydrogen-bond acceptors (Lipinski definition) is 3. The zero-order valence-electron chi connectivity index (χ0n) is 9.76. The van der Waals surface area contributed by atoms with Crippen LogP contribution in [0.2, 0.25) is 0 Å². The maximum Gasteiger partial charge on any atom is 0.253 e. The lowest BCUT2D eigenvalue weighted by molar-refractivity contribution is 0.0791. The van der Waals surface area contributed by atoms with E-state index in [1.807, 2.05) is 35.4 Å². The van der Waals surface area contributed by atoms with Crippen molar-refractivity contribution in [3.05, 3.63) is 29.8 Å². The van der Waals surface area contributed by atoms with Gasteiger partial charge in [-0.15, -0.1) is 24.2 Å².